The van der Waals surface area contributed by atoms with Crippen molar-refractivity contribution in [3.05, 3.63) is 0 Å². The molecule has 2 N–H and O–H groups in total. The van der Waals surface area contributed by atoms with Crippen molar-refractivity contribution in [2.45, 2.75) is 37.4 Å². The quantitative estimate of drug-likeness (QED) is 0.763. The number of hydrogen-bond acceptors (Lipinski definition) is 7. The highest BCUT2D eigenvalue weighted by atomic mass is 32.2. The Hall–Kier alpha value is -1.55. The summed E-state index contributed by atoms with van der Waals surface area (Å²) in [5.74, 6) is 0.930. The number of hydrogen-bond donors (Lipinski definition) is 2. The largest absolute Gasteiger partial charge is 0.357 e. The molecule has 1 aromatic heterocycles. The summed E-state index contributed by atoms with van der Waals surface area (Å²) in [4.78, 5) is 12.7. The van der Waals surface area contributed by atoms with Gasteiger partial charge in [-0.25, -0.2) is 0 Å². The Morgan fingerprint density at radius 2 is 1.83 bits per heavy atom. The minimum Gasteiger partial charge on any atom is -0.357 e. The number of anilines is 2. The van der Waals surface area contributed by atoms with E-state index >= 15 is 0 Å². The van der Waals surface area contributed by atoms with Gasteiger partial charge in [0, 0.05) is 7.05 Å². The van der Waals surface area contributed by atoms with Gasteiger partial charge in [-0.1, -0.05) is 25.6 Å². The van der Waals surface area contributed by atoms with Gasteiger partial charge in [0.25, 0.3) is 0 Å². The lowest BCUT2D eigenvalue weighted by Crippen LogP contribution is -2.36. The second kappa shape index (κ2) is 6.40. The Morgan fingerprint density at radius 1 is 1.22 bits per heavy atom. The smallest absolute Gasteiger partial charge is 0.229 e. The van der Waals surface area contributed by atoms with E-state index in [4.69, 9.17) is 0 Å². The maximum Gasteiger partial charge on any atom is 0.229 e. The van der Waals surface area contributed by atoms with E-state index in [1.807, 2.05) is 20.1 Å². The standard InChI is InChI=1S/C11H18N6S/c1-5-11(6-2,7-12)17-9-14-8(13-3)15-10(16-9)18-4/h5-6H2,1-4H3,(H2,13,14,15,16,17). The lowest BCUT2D eigenvalue weighted by molar-refractivity contribution is 0.542. The van der Waals surface area contributed by atoms with Crippen molar-refractivity contribution in [1.82, 2.24) is 15.0 Å². The Kier molecular flexibility index (Phi) is 5.16. The molecule has 0 aliphatic rings. The number of thioether (sulfide) groups is 1. The van der Waals surface area contributed by atoms with Crippen LogP contribution in [0.5, 0.6) is 0 Å². The van der Waals surface area contributed by atoms with Crippen LogP contribution in [0.25, 0.3) is 0 Å². The molecule has 0 aliphatic heterocycles. The predicted octanol–water partition coefficient (Wildman–Crippen LogP) is 2.13. The third kappa shape index (κ3) is 3.23. The van der Waals surface area contributed by atoms with Gasteiger partial charge in [0.2, 0.25) is 11.9 Å². The summed E-state index contributed by atoms with van der Waals surface area (Å²) in [5, 5.41) is 15.9. The van der Waals surface area contributed by atoms with E-state index in [2.05, 4.69) is 31.7 Å². The second-order valence-corrected chi connectivity index (χ2v) is 4.52. The summed E-state index contributed by atoms with van der Waals surface area (Å²) < 4.78 is 0. The first-order chi connectivity index (χ1) is 8.62. The van der Waals surface area contributed by atoms with Crippen molar-refractivity contribution in [2.24, 2.45) is 0 Å². The molecule has 1 heterocycles. The van der Waals surface area contributed by atoms with Gasteiger partial charge >= 0.3 is 0 Å². The van der Waals surface area contributed by atoms with Gasteiger partial charge in [0.1, 0.15) is 5.54 Å². The van der Waals surface area contributed by atoms with Gasteiger partial charge < -0.3 is 10.6 Å². The summed E-state index contributed by atoms with van der Waals surface area (Å²) in [7, 11) is 1.75. The van der Waals surface area contributed by atoms with E-state index in [0.717, 1.165) is 0 Å². The Bertz CT molecular complexity index is 415. The average Bonchev–Trinajstić information content (AvgIpc) is 2.44. The molecule has 0 amide bonds. The molecule has 98 valence electrons. The summed E-state index contributed by atoms with van der Waals surface area (Å²) >= 11 is 1.44. The molecule has 1 rings (SSSR count). The van der Waals surface area contributed by atoms with Crippen LogP contribution in [0, 0.1) is 11.3 Å². The molecule has 0 radical (unpaired) electrons. The summed E-state index contributed by atoms with van der Waals surface area (Å²) in [5.41, 5.74) is -0.623. The molecular formula is C11H18N6S. The summed E-state index contributed by atoms with van der Waals surface area (Å²) in [6.07, 6.45) is 3.28. The van der Waals surface area contributed by atoms with Crippen LogP contribution < -0.4 is 10.6 Å². The van der Waals surface area contributed by atoms with Gasteiger partial charge in [0.15, 0.2) is 5.16 Å². The molecule has 0 saturated heterocycles. The molecule has 0 saturated carbocycles. The average molecular weight is 266 g/mol. The van der Waals surface area contributed by atoms with Gasteiger partial charge in [-0.3, -0.25) is 0 Å². The number of nitrogens with zero attached hydrogens (tertiary/aromatic N) is 4. The van der Waals surface area contributed by atoms with Crippen LogP contribution in [0.4, 0.5) is 11.9 Å². The zero-order valence-electron chi connectivity index (χ0n) is 11.1. The number of nitriles is 1. The van der Waals surface area contributed by atoms with Crippen molar-refractivity contribution >= 4 is 23.7 Å². The maximum absolute atomic E-state index is 9.29. The van der Waals surface area contributed by atoms with Crippen LogP contribution in [-0.2, 0) is 0 Å². The molecule has 18 heavy (non-hydrogen) atoms. The summed E-state index contributed by atoms with van der Waals surface area (Å²) in [6, 6.07) is 2.30. The number of aromatic nitrogens is 3. The van der Waals surface area contributed by atoms with E-state index in [-0.39, 0.29) is 0 Å². The van der Waals surface area contributed by atoms with Crippen LogP contribution >= 0.6 is 11.8 Å². The zero-order chi connectivity index (χ0) is 13.6. The minimum atomic E-state index is -0.623. The van der Waals surface area contributed by atoms with Crippen molar-refractivity contribution in [3.8, 4) is 6.07 Å². The summed E-state index contributed by atoms with van der Waals surface area (Å²) in [6.45, 7) is 3.94. The molecule has 0 aliphatic carbocycles. The molecule has 0 unspecified atom stereocenters. The Morgan fingerprint density at radius 3 is 2.28 bits per heavy atom. The highest BCUT2D eigenvalue weighted by Crippen LogP contribution is 2.21. The minimum absolute atomic E-state index is 0.434. The van der Waals surface area contributed by atoms with E-state index in [9.17, 15) is 5.26 Å². The fourth-order valence-corrected chi connectivity index (χ4v) is 1.80. The number of nitrogens with one attached hydrogen (secondary N) is 2. The van der Waals surface area contributed by atoms with Crippen molar-refractivity contribution in [1.29, 1.82) is 5.26 Å². The Labute approximate surface area is 112 Å². The van der Waals surface area contributed by atoms with Crippen molar-refractivity contribution in [2.75, 3.05) is 23.9 Å². The van der Waals surface area contributed by atoms with Crippen LogP contribution in [0.2, 0.25) is 0 Å². The van der Waals surface area contributed by atoms with Gasteiger partial charge in [0.05, 0.1) is 6.07 Å². The van der Waals surface area contributed by atoms with Crippen LogP contribution in [0.1, 0.15) is 26.7 Å². The monoisotopic (exact) mass is 266 g/mol. The third-order valence-corrected chi connectivity index (χ3v) is 3.34. The molecule has 0 fully saturated rings. The lowest BCUT2D eigenvalue weighted by Gasteiger charge is -2.24. The molecule has 0 bridgehead atoms. The molecule has 0 atom stereocenters. The van der Waals surface area contributed by atoms with Crippen LogP contribution in [0.3, 0.4) is 0 Å². The van der Waals surface area contributed by atoms with Gasteiger partial charge in [-0.15, -0.1) is 0 Å². The molecular weight excluding hydrogens is 248 g/mol. The topological polar surface area (TPSA) is 86.5 Å². The van der Waals surface area contributed by atoms with E-state index in [0.29, 0.717) is 29.9 Å². The molecule has 7 heteroatoms. The van der Waals surface area contributed by atoms with E-state index in [1.54, 1.807) is 7.05 Å². The van der Waals surface area contributed by atoms with Gasteiger partial charge in [-0.05, 0) is 19.1 Å². The molecule has 1 aromatic rings. The predicted molar refractivity (Wildman–Crippen MR) is 73.7 cm³/mol. The second-order valence-electron chi connectivity index (χ2n) is 3.75. The SMILES string of the molecule is CCC(C#N)(CC)Nc1nc(NC)nc(SC)n1. The Balaban J connectivity index is 3.06. The first-order valence-corrected chi connectivity index (χ1v) is 7.02. The van der Waals surface area contributed by atoms with Crippen molar-refractivity contribution in [3.63, 3.8) is 0 Å². The van der Waals surface area contributed by atoms with Crippen LogP contribution in [0.15, 0.2) is 5.16 Å². The third-order valence-electron chi connectivity index (χ3n) is 2.79. The van der Waals surface area contributed by atoms with Gasteiger partial charge in [-0.2, -0.15) is 20.2 Å². The lowest BCUT2D eigenvalue weighted by atomic mass is 9.95. The fourth-order valence-electron chi connectivity index (χ4n) is 1.44. The molecule has 0 aromatic carbocycles. The molecule has 6 nitrogen and oxygen atoms in total. The number of rotatable bonds is 6. The van der Waals surface area contributed by atoms with Crippen molar-refractivity contribution < 1.29 is 0 Å². The zero-order valence-corrected chi connectivity index (χ0v) is 11.9. The van der Waals surface area contributed by atoms with E-state index < -0.39 is 5.54 Å². The highest BCUT2D eigenvalue weighted by molar-refractivity contribution is 7.98. The normalized spacial score (nSPS) is 10.8. The van der Waals surface area contributed by atoms with E-state index in [1.165, 1.54) is 11.8 Å². The maximum atomic E-state index is 9.29. The first-order valence-electron chi connectivity index (χ1n) is 5.80. The fraction of sp³-hybridized carbons (Fsp3) is 0.636. The molecule has 0 spiro atoms. The highest BCUT2D eigenvalue weighted by Gasteiger charge is 2.26. The first kappa shape index (κ1) is 14.5. The van der Waals surface area contributed by atoms with Crippen LogP contribution in [-0.4, -0.2) is 33.8 Å².